The van der Waals surface area contributed by atoms with E-state index in [1.165, 1.54) is 0 Å². The summed E-state index contributed by atoms with van der Waals surface area (Å²) in [6.07, 6.45) is 1.15. The average Bonchev–Trinajstić information content (AvgIpc) is 2.86. The van der Waals surface area contributed by atoms with E-state index in [-0.39, 0.29) is 0 Å². The van der Waals surface area contributed by atoms with Gasteiger partial charge in [0.2, 0.25) is 0 Å². The third-order valence-corrected chi connectivity index (χ3v) is 5.49. The molecule has 0 amide bonds. The number of anilines is 1. The number of benzene rings is 1. The minimum atomic E-state index is 0.331. The summed E-state index contributed by atoms with van der Waals surface area (Å²) in [4.78, 5) is 10.5. The minimum Gasteiger partial charge on any atom is -0.368 e. The first-order valence-electron chi connectivity index (χ1n) is 8.63. The number of nitrogens with one attached hydrogen (secondary N) is 2. The van der Waals surface area contributed by atoms with Crippen molar-refractivity contribution in [2.45, 2.75) is 44.5 Å². The lowest BCUT2D eigenvalue weighted by Crippen LogP contribution is -2.43. The molecule has 1 aromatic heterocycles. The fourth-order valence-corrected chi connectivity index (χ4v) is 4.86. The van der Waals surface area contributed by atoms with Gasteiger partial charge in [-0.3, -0.25) is 0 Å². The Balaban J connectivity index is 1.80. The smallest absolute Gasteiger partial charge is 0.166 e. The number of halogens is 1. The molecule has 1 saturated heterocycles. The molecule has 2 N–H and O–H groups in total. The molecule has 132 valence electrons. The van der Waals surface area contributed by atoms with Crippen molar-refractivity contribution < 1.29 is 0 Å². The number of aromatic amines is 1. The van der Waals surface area contributed by atoms with Crippen molar-refractivity contribution in [1.29, 1.82) is 0 Å². The lowest BCUT2D eigenvalue weighted by Gasteiger charge is -2.30. The highest BCUT2D eigenvalue weighted by atomic mass is 35.5. The predicted octanol–water partition coefficient (Wildman–Crippen LogP) is 4.54. The van der Waals surface area contributed by atoms with Gasteiger partial charge in [-0.2, -0.15) is 0 Å². The topological polar surface area (TPSA) is 44.0 Å². The number of rotatable bonds is 4. The van der Waals surface area contributed by atoms with Crippen LogP contribution >= 0.6 is 23.4 Å². The molecule has 0 spiro atoms. The Labute approximate surface area is 153 Å². The third-order valence-electron chi connectivity index (χ3n) is 4.20. The summed E-state index contributed by atoms with van der Waals surface area (Å²) in [5.74, 6) is 0. The molecule has 4 nitrogen and oxygen atoms in total. The Morgan fingerprint density at radius 2 is 2.00 bits per heavy atom. The van der Waals surface area contributed by atoms with Gasteiger partial charge >= 0.3 is 0 Å². The van der Waals surface area contributed by atoms with Crippen LogP contribution in [0.3, 0.4) is 0 Å². The van der Waals surface area contributed by atoms with E-state index in [4.69, 9.17) is 16.6 Å². The van der Waals surface area contributed by atoms with Crippen LogP contribution in [0.2, 0.25) is 5.02 Å². The zero-order valence-electron chi connectivity index (χ0n) is 14.9. The maximum absolute atomic E-state index is 6.52. The van der Waals surface area contributed by atoms with Gasteiger partial charge in [-0.05, 0) is 24.0 Å². The third kappa shape index (κ3) is 4.38. The summed E-state index contributed by atoms with van der Waals surface area (Å²) in [5.41, 5.74) is 3.44. The SMILES string of the molecule is CC(CC(C)(C)C)Sc1nc2cc(N3CCNCC3)c(Cl)cc2[nH]1. The van der Waals surface area contributed by atoms with Crippen LogP contribution in [-0.2, 0) is 0 Å². The van der Waals surface area contributed by atoms with Crippen LogP contribution in [-0.4, -0.2) is 41.4 Å². The quantitative estimate of drug-likeness (QED) is 0.779. The molecule has 3 rings (SSSR count). The molecule has 2 aromatic rings. The van der Waals surface area contributed by atoms with E-state index < -0.39 is 0 Å². The minimum absolute atomic E-state index is 0.331. The van der Waals surface area contributed by atoms with Gasteiger partial charge < -0.3 is 15.2 Å². The number of hydrogen-bond donors (Lipinski definition) is 2. The van der Waals surface area contributed by atoms with E-state index in [1.807, 2.05) is 17.8 Å². The van der Waals surface area contributed by atoms with E-state index in [2.05, 4.69) is 49.0 Å². The lowest BCUT2D eigenvalue weighted by atomic mass is 9.91. The zero-order chi connectivity index (χ0) is 17.3. The summed E-state index contributed by atoms with van der Waals surface area (Å²) in [6, 6.07) is 4.14. The van der Waals surface area contributed by atoms with Crippen LogP contribution in [0.15, 0.2) is 17.3 Å². The lowest BCUT2D eigenvalue weighted by molar-refractivity contribution is 0.378. The first kappa shape index (κ1) is 17.9. The fraction of sp³-hybridized carbons (Fsp3) is 0.611. The molecule has 1 atom stereocenters. The maximum atomic E-state index is 6.52. The maximum Gasteiger partial charge on any atom is 0.166 e. The van der Waals surface area contributed by atoms with Crippen molar-refractivity contribution in [3.05, 3.63) is 17.2 Å². The highest BCUT2D eigenvalue weighted by Crippen LogP contribution is 2.34. The number of nitrogens with zero attached hydrogens (tertiary/aromatic N) is 2. The molecule has 0 radical (unpaired) electrons. The first-order chi connectivity index (χ1) is 11.3. The number of hydrogen-bond acceptors (Lipinski definition) is 4. The predicted molar refractivity (Wildman–Crippen MR) is 106 cm³/mol. The van der Waals surface area contributed by atoms with Crippen LogP contribution in [0.25, 0.3) is 11.0 Å². The molecule has 1 aliphatic rings. The highest BCUT2D eigenvalue weighted by Gasteiger charge is 2.19. The number of aromatic nitrogens is 2. The molecular weight excluding hydrogens is 340 g/mol. The molecule has 1 unspecified atom stereocenters. The molecule has 6 heteroatoms. The average molecular weight is 367 g/mol. The van der Waals surface area contributed by atoms with Crippen molar-refractivity contribution in [3.63, 3.8) is 0 Å². The van der Waals surface area contributed by atoms with E-state index in [0.717, 1.165) is 59.5 Å². The Bertz CT molecular complexity index is 701. The van der Waals surface area contributed by atoms with Gasteiger partial charge in [-0.15, -0.1) is 0 Å². The molecular formula is C18H27ClN4S. The number of H-pyrrole nitrogens is 1. The Morgan fingerprint density at radius 3 is 2.67 bits per heavy atom. The fourth-order valence-electron chi connectivity index (χ4n) is 3.29. The summed E-state index contributed by atoms with van der Waals surface area (Å²) in [5, 5.41) is 5.68. The van der Waals surface area contributed by atoms with Crippen LogP contribution in [0.5, 0.6) is 0 Å². The highest BCUT2D eigenvalue weighted by molar-refractivity contribution is 7.99. The largest absolute Gasteiger partial charge is 0.368 e. The monoisotopic (exact) mass is 366 g/mol. The Morgan fingerprint density at radius 1 is 1.29 bits per heavy atom. The van der Waals surface area contributed by atoms with Crippen molar-refractivity contribution in [3.8, 4) is 0 Å². The molecule has 1 aliphatic heterocycles. The van der Waals surface area contributed by atoms with Crippen molar-refractivity contribution in [1.82, 2.24) is 15.3 Å². The molecule has 1 fully saturated rings. The molecule has 2 heterocycles. The van der Waals surface area contributed by atoms with Crippen LogP contribution in [0.4, 0.5) is 5.69 Å². The standard InChI is InChI=1S/C18H27ClN4S/c1-12(11-18(2,3)4)24-17-21-14-9-13(19)16(10-15(14)22-17)23-7-5-20-6-8-23/h9-10,12,20H,5-8,11H2,1-4H3,(H,21,22). The summed E-state index contributed by atoms with van der Waals surface area (Å²) in [6.45, 7) is 13.1. The van der Waals surface area contributed by atoms with E-state index in [1.54, 1.807) is 0 Å². The van der Waals surface area contributed by atoms with Crippen molar-refractivity contribution in [2.75, 3.05) is 31.1 Å². The summed E-state index contributed by atoms with van der Waals surface area (Å²) in [7, 11) is 0. The van der Waals surface area contributed by atoms with Gasteiger partial charge in [0, 0.05) is 31.4 Å². The molecule has 0 aliphatic carbocycles. The van der Waals surface area contributed by atoms with Gasteiger partial charge in [0.25, 0.3) is 0 Å². The number of thioether (sulfide) groups is 1. The summed E-state index contributed by atoms with van der Waals surface area (Å²) < 4.78 is 0. The second-order valence-corrected chi connectivity index (χ2v) is 9.63. The normalized spacial score (nSPS) is 17.5. The second-order valence-electron chi connectivity index (χ2n) is 7.79. The molecule has 0 saturated carbocycles. The van der Waals surface area contributed by atoms with Gasteiger partial charge in [0.15, 0.2) is 5.16 Å². The van der Waals surface area contributed by atoms with Gasteiger partial charge in [-0.1, -0.05) is 51.1 Å². The van der Waals surface area contributed by atoms with Crippen molar-refractivity contribution in [2.24, 2.45) is 5.41 Å². The van der Waals surface area contributed by atoms with Gasteiger partial charge in [0.05, 0.1) is 21.7 Å². The Hall–Kier alpha value is -0.910. The number of imidazole rings is 1. The Kier molecular flexibility index (Phi) is 5.33. The summed E-state index contributed by atoms with van der Waals surface area (Å²) >= 11 is 8.33. The zero-order valence-corrected chi connectivity index (χ0v) is 16.5. The molecule has 0 bridgehead atoms. The second kappa shape index (κ2) is 7.14. The van der Waals surface area contributed by atoms with E-state index in [9.17, 15) is 0 Å². The molecule has 24 heavy (non-hydrogen) atoms. The number of piperazine rings is 1. The van der Waals surface area contributed by atoms with Crippen molar-refractivity contribution >= 4 is 40.1 Å². The van der Waals surface area contributed by atoms with Gasteiger partial charge in [0.1, 0.15) is 0 Å². The molecule has 1 aromatic carbocycles. The first-order valence-corrected chi connectivity index (χ1v) is 9.89. The number of fused-ring (bicyclic) bond motifs is 1. The van der Waals surface area contributed by atoms with E-state index in [0.29, 0.717) is 10.7 Å². The van der Waals surface area contributed by atoms with E-state index >= 15 is 0 Å². The van der Waals surface area contributed by atoms with Crippen LogP contribution in [0, 0.1) is 5.41 Å². The van der Waals surface area contributed by atoms with Gasteiger partial charge in [-0.25, -0.2) is 4.98 Å². The van der Waals surface area contributed by atoms with Crippen LogP contribution in [0.1, 0.15) is 34.1 Å². The van der Waals surface area contributed by atoms with Crippen LogP contribution < -0.4 is 10.2 Å².